The van der Waals surface area contributed by atoms with Gasteiger partial charge in [-0.05, 0) is 56.0 Å². The Morgan fingerprint density at radius 3 is 3.04 bits per heavy atom. The van der Waals surface area contributed by atoms with Crippen molar-refractivity contribution in [2.45, 2.75) is 50.9 Å². The van der Waals surface area contributed by atoms with Gasteiger partial charge in [-0.25, -0.2) is 0 Å². The van der Waals surface area contributed by atoms with Gasteiger partial charge in [0.1, 0.15) is 11.5 Å². The smallest absolute Gasteiger partial charge is 0.133 e. The maximum atomic E-state index is 12.3. The van der Waals surface area contributed by atoms with Crippen LogP contribution in [0.15, 0.2) is 24.3 Å². The topological polar surface area (TPSA) is 29.5 Å². The maximum absolute atomic E-state index is 12.3. The standard InChI is InChI=1S/C20H29NO2/c1-3-4-11-21-12-10-20(14-18(22)9-8-17(20)15-21)16-6-5-7-19(13-16)23-2/h5-7,13,17H,3-4,8-12,14-15H2,1-2H3. The average molecular weight is 315 g/mol. The summed E-state index contributed by atoms with van der Waals surface area (Å²) in [6.45, 7) is 5.71. The quantitative estimate of drug-likeness (QED) is 0.827. The minimum absolute atomic E-state index is 0.0343. The number of ketones is 1. The highest BCUT2D eigenvalue weighted by Gasteiger charge is 2.47. The molecular weight excluding hydrogens is 286 g/mol. The molecule has 3 heteroatoms. The van der Waals surface area contributed by atoms with E-state index in [9.17, 15) is 4.79 Å². The van der Waals surface area contributed by atoms with E-state index >= 15 is 0 Å². The molecule has 1 saturated carbocycles. The molecule has 3 rings (SSSR count). The van der Waals surface area contributed by atoms with Crippen LogP contribution in [0.4, 0.5) is 0 Å². The molecule has 2 atom stereocenters. The van der Waals surface area contributed by atoms with E-state index in [0.29, 0.717) is 18.1 Å². The van der Waals surface area contributed by atoms with Gasteiger partial charge in [-0.3, -0.25) is 4.79 Å². The molecule has 1 aromatic rings. The maximum Gasteiger partial charge on any atom is 0.133 e. The Morgan fingerprint density at radius 1 is 1.39 bits per heavy atom. The summed E-state index contributed by atoms with van der Waals surface area (Å²) in [6.07, 6.45) is 6.14. The van der Waals surface area contributed by atoms with E-state index in [4.69, 9.17) is 4.74 Å². The van der Waals surface area contributed by atoms with Gasteiger partial charge in [0.2, 0.25) is 0 Å². The number of nitrogens with zero attached hydrogens (tertiary/aromatic N) is 1. The summed E-state index contributed by atoms with van der Waals surface area (Å²) < 4.78 is 5.43. The molecule has 2 fully saturated rings. The number of hydrogen-bond donors (Lipinski definition) is 0. The molecule has 0 bridgehead atoms. The van der Waals surface area contributed by atoms with Gasteiger partial charge in [-0.2, -0.15) is 0 Å². The zero-order valence-electron chi connectivity index (χ0n) is 14.5. The molecule has 0 radical (unpaired) electrons. The van der Waals surface area contributed by atoms with Gasteiger partial charge in [-0.15, -0.1) is 0 Å². The lowest BCUT2D eigenvalue weighted by Crippen LogP contribution is -2.53. The number of hydrogen-bond acceptors (Lipinski definition) is 3. The lowest BCUT2D eigenvalue weighted by molar-refractivity contribution is -0.125. The molecule has 1 heterocycles. The van der Waals surface area contributed by atoms with Crippen LogP contribution in [0.1, 0.15) is 51.0 Å². The Kier molecular flexibility index (Phi) is 5.05. The van der Waals surface area contributed by atoms with E-state index in [1.807, 2.05) is 6.07 Å². The molecule has 0 spiro atoms. The number of carbonyl (C=O) groups excluding carboxylic acids is 1. The second-order valence-electron chi connectivity index (χ2n) is 7.24. The first kappa shape index (κ1) is 16.5. The monoisotopic (exact) mass is 315 g/mol. The zero-order chi connectivity index (χ0) is 16.3. The van der Waals surface area contributed by atoms with Crippen molar-refractivity contribution >= 4 is 5.78 Å². The molecule has 1 aliphatic heterocycles. The van der Waals surface area contributed by atoms with Crippen LogP contribution in [0.5, 0.6) is 5.75 Å². The Balaban J connectivity index is 1.87. The van der Waals surface area contributed by atoms with Crippen LogP contribution in [0.2, 0.25) is 0 Å². The Labute approximate surface area is 140 Å². The van der Waals surface area contributed by atoms with Crippen LogP contribution in [0, 0.1) is 5.92 Å². The lowest BCUT2D eigenvalue weighted by atomic mass is 9.59. The number of unbranched alkanes of at least 4 members (excludes halogenated alkanes) is 1. The van der Waals surface area contributed by atoms with Gasteiger partial charge in [-0.1, -0.05) is 25.5 Å². The van der Waals surface area contributed by atoms with E-state index in [1.165, 1.54) is 24.9 Å². The van der Waals surface area contributed by atoms with Gasteiger partial charge in [0, 0.05) is 24.8 Å². The minimum atomic E-state index is 0.0343. The van der Waals surface area contributed by atoms with E-state index in [2.05, 4.69) is 30.0 Å². The van der Waals surface area contributed by atoms with E-state index in [1.54, 1.807) is 7.11 Å². The summed E-state index contributed by atoms with van der Waals surface area (Å²) in [5.74, 6) is 1.94. The first-order valence-corrected chi connectivity index (χ1v) is 9.06. The fourth-order valence-corrected chi connectivity index (χ4v) is 4.51. The third-order valence-corrected chi connectivity index (χ3v) is 5.89. The zero-order valence-corrected chi connectivity index (χ0v) is 14.5. The first-order chi connectivity index (χ1) is 11.2. The minimum Gasteiger partial charge on any atom is -0.497 e. The molecule has 1 aromatic carbocycles. The van der Waals surface area contributed by atoms with Crippen LogP contribution in [0.3, 0.4) is 0 Å². The molecule has 2 unspecified atom stereocenters. The van der Waals surface area contributed by atoms with Crippen LogP contribution in [-0.4, -0.2) is 37.4 Å². The SMILES string of the molecule is CCCCN1CCC2(c3cccc(OC)c3)CC(=O)CCC2C1. The van der Waals surface area contributed by atoms with E-state index in [0.717, 1.165) is 38.1 Å². The van der Waals surface area contributed by atoms with Crippen molar-refractivity contribution in [1.82, 2.24) is 4.90 Å². The fraction of sp³-hybridized carbons (Fsp3) is 0.650. The Bertz CT molecular complexity index is 556. The largest absolute Gasteiger partial charge is 0.497 e. The third-order valence-electron chi connectivity index (χ3n) is 5.89. The second-order valence-corrected chi connectivity index (χ2v) is 7.24. The van der Waals surface area contributed by atoms with Gasteiger partial charge in [0.05, 0.1) is 7.11 Å². The Morgan fingerprint density at radius 2 is 2.26 bits per heavy atom. The number of fused-ring (bicyclic) bond motifs is 1. The van der Waals surface area contributed by atoms with Crippen molar-refractivity contribution in [3.05, 3.63) is 29.8 Å². The number of benzene rings is 1. The van der Waals surface area contributed by atoms with E-state index < -0.39 is 0 Å². The summed E-state index contributed by atoms with van der Waals surface area (Å²) in [5.41, 5.74) is 1.34. The Hall–Kier alpha value is -1.35. The molecule has 126 valence electrons. The number of likely N-dealkylation sites (tertiary alicyclic amines) is 1. The number of ether oxygens (including phenoxy) is 1. The molecule has 3 nitrogen and oxygen atoms in total. The predicted molar refractivity (Wildman–Crippen MR) is 93.0 cm³/mol. The molecule has 23 heavy (non-hydrogen) atoms. The van der Waals surface area contributed by atoms with Crippen molar-refractivity contribution in [2.75, 3.05) is 26.7 Å². The molecule has 0 N–H and O–H groups in total. The summed E-state index contributed by atoms with van der Waals surface area (Å²) >= 11 is 0. The van der Waals surface area contributed by atoms with Crippen molar-refractivity contribution in [3.63, 3.8) is 0 Å². The normalized spacial score (nSPS) is 28.4. The molecule has 0 amide bonds. The molecule has 0 aromatic heterocycles. The third kappa shape index (κ3) is 3.30. The summed E-state index contributed by atoms with van der Waals surface area (Å²) in [5, 5.41) is 0. The molecular formula is C20H29NO2. The van der Waals surface area contributed by atoms with Crippen molar-refractivity contribution < 1.29 is 9.53 Å². The molecule has 1 saturated heterocycles. The molecule has 1 aliphatic carbocycles. The first-order valence-electron chi connectivity index (χ1n) is 9.06. The van der Waals surface area contributed by atoms with Crippen molar-refractivity contribution in [2.24, 2.45) is 5.92 Å². The highest BCUT2D eigenvalue weighted by molar-refractivity contribution is 5.81. The van der Waals surface area contributed by atoms with Gasteiger partial charge >= 0.3 is 0 Å². The highest BCUT2D eigenvalue weighted by atomic mass is 16.5. The lowest BCUT2D eigenvalue weighted by Gasteiger charge is -2.50. The van der Waals surface area contributed by atoms with Crippen LogP contribution in [0.25, 0.3) is 0 Å². The van der Waals surface area contributed by atoms with Gasteiger partial charge in [0.25, 0.3) is 0 Å². The van der Waals surface area contributed by atoms with Crippen LogP contribution < -0.4 is 4.74 Å². The average Bonchev–Trinajstić information content (AvgIpc) is 2.59. The van der Waals surface area contributed by atoms with Crippen molar-refractivity contribution in [3.8, 4) is 5.75 Å². The van der Waals surface area contributed by atoms with Gasteiger partial charge < -0.3 is 9.64 Å². The van der Waals surface area contributed by atoms with Crippen molar-refractivity contribution in [1.29, 1.82) is 0 Å². The highest BCUT2D eigenvalue weighted by Crippen LogP contribution is 2.48. The summed E-state index contributed by atoms with van der Waals surface area (Å²) in [7, 11) is 1.72. The van der Waals surface area contributed by atoms with E-state index in [-0.39, 0.29) is 5.41 Å². The number of Topliss-reactive ketones (excluding diaryl/α,β-unsaturated/α-hetero) is 1. The summed E-state index contributed by atoms with van der Waals surface area (Å²) in [4.78, 5) is 14.9. The second kappa shape index (κ2) is 7.04. The number of carbonyl (C=O) groups is 1. The number of methoxy groups -OCH3 is 1. The fourth-order valence-electron chi connectivity index (χ4n) is 4.51. The number of piperidine rings is 1. The predicted octanol–water partition coefficient (Wildman–Crippen LogP) is 3.81. The van der Waals surface area contributed by atoms with Crippen LogP contribution in [-0.2, 0) is 10.2 Å². The number of rotatable bonds is 5. The van der Waals surface area contributed by atoms with Gasteiger partial charge in [0.15, 0.2) is 0 Å². The van der Waals surface area contributed by atoms with Crippen LogP contribution >= 0.6 is 0 Å². The summed E-state index contributed by atoms with van der Waals surface area (Å²) in [6, 6.07) is 8.43. The molecule has 2 aliphatic rings.